The van der Waals surface area contributed by atoms with Gasteiger partial charge in [-0.05, 0) is 39.7 Å². The van der Waals surface area contributed by atoms with Gasteiger partial charge in [0, 0.05) is 45.9 Å². The predicted octanol–water partition coefficient (Wildman–Crippen LogP) is 1.47. The van der Waals surface area contributed by atoms with Gasteiger partial charge in [0.1, 0.15) is 0 Å². The van der Waals surface area contributed by atoms with Gasteiger partial charge in [-0.15, -0.1) is 0 Å². The zero-order valence-electron chi connectivity index (χ0n) is 15.4. The molecule has 136 valence electrons. The Labute approximate surface area is 142 Å². The quantitative estimate of drug-likeness (QED) is 0.361. The van der Waals surface area contributed by atoms with Gasteiger partial charge in [0.05, 0.1) is 13.2 Å². The molecule has 0 aromatic carbocycles. The van der Waals surface area contributed by atoms with Crippen molar-refractivity contribution < 1.29 is 9.47 Å². The van der Waals surface area contributed by atoms with Gasteiger partial charge in [0.15, 0.2) is 5.96 Å². The first-order valence-electron chi connectivity index (χ1n) is 8.96. The number of hydrogen-bond acceptors (Lipinski definition) is 4. The van der Waals surface area contributed by atoms with Crippen molar-refractivity contribution in [3.8, 4) is 0 Å². The maximum absolute atomic E-state index is 5.45. The smallest absolute Gasteiger partial charge is 0.191 e. The Hall–Kier alpha value is -0.850. The lowest BCUT2D eigenvalue weighted by molar-refractivity contribution is 0.0698. The summed E-state index contributed by atoms with van der Waals surface area (Å²) in [6.45, 7) is 9.70. The first kappa shape index (κ1) is 20.2. The minimum Gasteiger partial charge on any atom is -0.382 e. The van der Waals surface area contributed by atoms with E-state index in [1.54, 1.807) is 7.11 Å². The van der Waals surface area contributed by atoms with Crippen LogP contribution in [0.2, 0.25) is 0 Å². The van der Waals surface area contributed by atoms with Gasteiger partial charge in [-0.3, -0.25) is 9.89 Å². The monoisotopic (exact) mass is 328 g/mol. The molecule has 0 saturated carbocycles. The molecule has 0 aromatic rings. The first-order valence-corrected chi connectivity index (χ1v) is 8.96. The highest BCUT2D eigenvalue weighted by atomic mass is 16.5. The van der Waals surface area contributed by atoms with Crippen molar-refractivity contribution in [3.05, 3.63) is 0 Å². The van der Waals surface area contributed by atoms with Crippen LogP contribution in [0, 0.1) is 0 Å². The number of likely N-dealkylation sites (tertiary alicyclic amines) is 1. The molecule has 1 aliphatic rings. The van der Waals surface area contributed by atoms with E-state index < -0.39 is 0 Å². The molecule has 2 atom stereocenters. The molecular weight excluding hydrogens is 292 g/mol. The minimum atomic E-state index is 0.529. The van der Waals surface area contributed by atoms with Crippen molar-refractivity contribution in [2.24, 2.45) is 4.99 Å². The SMILES string of the molecule is CN=C(NCCCOCCOC)NCC(C)N1CCCCC1C. The summed E-state index contributed by atoms with van der Waals surface area (Å²) in [6.07, 6.45) is 4.97. The maximum atomic E-state index is 5.45. The molecule has 0 spiro atoms. The molecule has 6 nitrogen and oxygen atoms in total. The van der Waals surface area contributed by atoms with E-state index in [1.807, 2.05) is 7.05 Å². The van der Waals surface area contributed by atoms with E-state index >= 15 is 0 Å². The average Bonchev–Trinajstić information content (AvgIpc) is 2.57. The van der Waals surface area contributed by atoms with Gasteiger partial charge in [0.25, 0.3) is 0 Å². The molecular formula is C17H36N4O2. The fourth-order valence-corrected chi connectivity index (χ4v) is 2.98. The Bertz CT molecular complexity index is 326. The van der Waals surface area contributed by atoms with Gasteiger partial charge >= 0.3 is 0 Å². The summed E-state index contributed by atoms with van der Waals surface area (Å²) in [5, 5.41) is 6.77. The van der Waals surface area contributed by atoms with E-state index in [2.05, 4.69) is 34.4 Å². The van der Waals surface area contributed by atoms with Crippen molar-refractivity contribution in [3.63, 3.8) is 0 Å². The molecule has 0 radical (unpaired) electrons. The predicted molar refractivity (Wildman–Crippen MR) is 96.2 cm³/mol. The number of nitrogens with zero attached hydrogens (tertiary/aromatic N) is 2. The Morgan fingerprint density at radius 1 is 1.26 bits per heavy atom. The van der Waals surface area contributed by atoms with E-state index in [-0.39, 0.29) is 0 Å². The average molecular weight is 329 g/mol. The molecule has 6 heteroatoms. The van der Waals surface area contributed by atoms with Crippen molar-refractivity contribution >= 4 is 5.96 Å². The van der Waals surface area contributed by atoms with E-state index in [4.69, 9.17) is 9.47 Å². The van der Waals surface area contributed by atoms with Crippen LogP contribution >= 0.6 is 0 Å². The second-order valence-corrected chi connectivity index (χ2v) is 6.27. The number of hydrogen-bond donors (Lipinski definition) is 2. The van der Waals surface area contributed by atoms with Crippen LogP contribution in [0.5, 0.6) is 0 Å². The van der Waals surface area contributed by atoms with E-state index in [9.17, 15) is 0 Å². The highest BCUT2D eigenvalue weighted by molar-refractivity contribution is 5.79. The zero-order valence-corrected chi connectivity index (χ0v) is 15.4. The zero-order chi connectivity index (χ0) is 16.9. The van der Waals surface area contributed by atoms with Crippen molar-refractivity contribution in [1.29, 1.82) is 0 Å². The summed E-state index contributed by atoms with van der Waals surface area (Å²) in [7, 11) is 3.50. The molecule has 1 rings (SSSR count). The highest BCUT2D eigenvalue weighted by Crippen LogP contribution is 2.18. The molecule has 0 aliphatic carbocycles. The Morgan fingerprint density at radius 2 is 2.09 bits per heavy atom. The lowest BCUT2D eigenvalue weighted by Gasteiger charge is -2.38. The Kier molecular flexibility index (Phi) is 11.0. The molecule has 1 aliphatic heterocycles. The fourth-order valence-electron chi connectivity index (χ4n) is 2.98. The molecule has 2 N–H and O–H groups in total. The third kappa shape index (κ3) is 8.53. The summed E-state index contributed by atoms with van der Waals surface area (Å²) in [5.41, 5.74) is 0. The maximum Gasteiger partial charge on any atom is 0.191 e. The van der Waals surface area contributed by atoms with Gasteiger partial charge < -0.3 is 20.1 Å². The molecule has 1 heterocycles. The molecule has 0 bridgehead atoms. The Balaban J connectivity index is 2.13. The van der Waals surface area contributed by atoms with E-state index in [0.717, 1.165) is 32.1 Å². The fraction of sp³-hybridized carbons (Fsp3) is 0.941. The molecule has 0 aromatic heterocycles. The normalized spacial score (nSPS) is 21.2. The third-order valence-corrected chi connectivity index (χ3v) is 4.40. The largest absolute Gasteiger partial charge is 0.382 e. The topological polar surface area (TPSA) is 58.1 Å². The van der Waals surface area contributed by atoms with Crippen molar-refractivity contribution in [1.82, 2.24) is 15.5 Å². The van der Waals surface area contributed by atoms with Gasteiger partial charge in [-0.25, -0.2) is 0 Å². The van der Waals surface area contributed by atoms with Crippen LogP contribution in [0.3, 0.4) is 0 Å². The number of piperidine rings is 1. The molecule has 23 heavy (non-hydrogen) atoms. The van der Waals surface area contributed by atoms with Crippen LogP contribution in [0.1, 0.15) is 39.5 Å². The second-order valence-electron chi connectivity index (χ2n) is 6.27. The standard InChI is InChI=1S/C17H36N4O2/c1-15-8-5-6-10-21(15)16(2)14-20-17(18-3)19-9-7-11-23-13-12-22-4/h15-16H,5-14H2,1-4H3,(H2,18,19,20). The highest BCUT2D eigenvalue weighted by Gasteiger charge is 2.22. The number of methoxy groups -OCH3 is 1. The van der Waals surface area contributed by atoms with Crippen LogP contribution in [0.15, 0.2) is 4.99 Å². The molecule has 1 saturated heterocycles. The number of nitrogens with one attached hydrogen (secondary N) is 2. The number of rotatable bonds is 10. The summed E-state index contributed by atoms with van der Waals surface area (Å²) in [5.74, 6) is 0.874. The number of ether oxygens (including phenoxy) is 2. The van der Waals surface area contributed by atoms with Crippen LogP contribution in [0.4, 0.5) is 0 Å². The summed E-state index contributed by atoms with van der Waals surface area (Å²) in [6, 6.07) is 1.22. The van der Waals surface area contributed by atoms with Crippen LogP contribution in [0.25, 0.3) is 0 Å². The first-order chi connectivity index (χ1) is 11.2. The molecule has 1 fully saturated rings. The third-order valence-electron chi connectivity index (χ3n) is 4.40. The van der Waals surface area contributed by atoms with Crippen molar-refractivity contribution in [2.75, 3.05) is 53.6 Å². The van der Waals surface area contributed by atoms with Gasteiger partial charge in [0.2, 0.25) is 0 Å². The van der Waals surface area contributed by atoms with Crippen molar-refractivity contribution in [2.45, 2.75) is 51.6 Å². The number of aliphatic imine (C=N–C) groups is 1. The summed E-state index contributed by atoms with van der Waals surface area (Å²) < 4.78 is 10.4. The van der Waals surface area contributed by atoms with Gasteiger partial charge in [-0.1, -0.05) is 6.42 Å². The van der Waals surface area contributed by atoms with Gasteiger partial charge in [-0.2, -0.15) is 0 Å². The van der Waals surface area contributed by atoms with Crippen LogP contribution in [-0.4, -0.2) is 76.6 Å². The lowest BCUT2D eigenvalue weighted by atomic mass is 10.0. The lowest BCUT2D eigenvalue weighted by Crippen LogP contribution is -2.50. The van der Waals surface area contributed by atoms with Crippen LogP contribution in [-0.2, 0) is 9.47 Å². The summed E-state index contributed by atoms with van der Waals surface area (Å²) >= 11 is 0. The minimum absolute atomic E-state index is 0.529. The number of guanidine groups is 1. The second kappa shape index (κ2) is 12.6. The van der Waals surface area contributed by atoms with E-state index in [1.165, 1.54) is 25.8 Å². The summed E-state index contributed by atoms with van der Waals surface area (Å²) in [4.78, 5) is 6.89. The molecule has 0 amide bonds. The molecule has 2 unspecified atom stereocenters. The van der Waals surface area contributed by atoms with Crippen LogP contribution < -0.4 is 10.6 Å². The Morgan fingerprint density at radius 3 is 2.78 bits per heavy atom. The van der Waals surface area contributed by atoms with E-state index in [0.29, 0.717) is 25.3 Å².